The number of pyridine rings is 1. The molecule has 0 bridgehead atoms. The molecule has 4 aromatic rings. The Labute approximate surface area is 212 Å². The molecule has 36 heavy (non-hydrogen) atoms. The van der Waals surface area contributed by atoms with Crippen LogP contribution in [0.4, 0.5) is 5.82 Å². The van der Waals surface area contributed by atoms with Crippen molar-refractivity contribution in [2.75, 3.05) is 25.5 Å². The summed E-state index contributed by atoms with van der Waals surface area (Å²) in [6, 6.07) is 14.7. The van der Waals surface area contributed by atoms with Gasteiger partial charge in [-0.3, -0.25) is 4.79 Å². The van der Waals surface area contributed by atoms with Gasteiger partial charge < -0.3 is 15.4 Å². The number of carbonyl (C=O) groups excluding carboxylic acids is 2. The lowest BCUT2D eigenvalue weighted by Crippen LogP contribution is -2.37. The highest BCUT2D eigenvalue weighted by Crippen LogP contribution is 2.31. The number of esters is 1. The van der Waals surface area contributed by atoms with Gasteiger partial charge in [-0.05, 0) is 60.8 Å². The third-order valence-corrected chi connectivity index (χ3v) is 6.61. The summed E-state index contributed by atoms with van der Waals surface area (Å²) in [5.74, 6) is -0.0305. The lowest BCUT2D eigenvalue weighted by Gasteiger charge is -2.21. The molecule has 2 aromatic carbocycles. The molecule has 5 rings (SSSR count). The van der Waals surface area contributed by atoms with E-state index in [0.29, 0.717) is 29.5 Å². The Morgan fingerprint density at radius 2 is 2.03 bits per heavy atom. The number of nitrogens with one attached hydrogen (secondary N) is 2. The fourth-order valence-corrected chi connectivity index (χ4v) is 4.53. The second kappa shape index (κ2) is 10.4. The third-order valence-electron chi connectivity index (χ3n) is 6.31. The van der Waals surface area contributed by atoms with Crippen LogP contribution in [0.5, 0.6) is 0 Å². The second-order valence-electron chi connectivity index (χ2n) is 8.72. The standard InChI is InChI=1S/C26H25ClN6O3/c1-36-26(35)17-6-4-16(5-7-17)15-33-23-11-18(8-9-22(23)31-32-33)20-12-24(29-14-21(20)27)30-25(34)19-3-2-10-28-13-19/h4-9,11-12,14,19,28H,2-3,10,13,15H2,1H3,(H,29,30,34)/t19-/m1/s1. The fourth-order valence-electron chi connectivity index (χ4n) is 4.32. The Kier molecular flexibility index (Phi) is 6.92. The molecule has 1 aliphatic heterocycles. The topological polar surface area (TPSA) is 111 Å². The Morgan fingerprint density at radius 3 is 2.78 bits per heavy atom. The minimum atomic E-state index is -0.377. The van der Waals surface area contributed by atoms with Crippen LogP contribution in [-0.4, -0.2) is 52.1 Å². The van der Waals surface area contributed by atoms with E-state index in [1.165, 1.54) is 7.11 Å². The number of halogens is 1. The average molecular weight is 505 g/mol. The minimum absolute atomic E-state index is 0.0427. The number of ether oxygens (including phenoxy) is 1. The Hall–Kier alpha value is -3.82. The zero-order valence-electron chi connectivity index (χ0n) is 19.7. The first-order valence-corrected chi connectivity index (χ1v) is 12.1. The van der Waals surface area contributed by atoms with Gasteiger partial charge in [0.05, 0.1) is 35.7 Å². The first-order chi connectivity index (χ1) is 17.5. The summed E-state index contributed by atoms with van der Waals surface area (Å²) >= 11 is 6.50. The molecular formula is C26H25ClN6O3. The third kappa shape index (κ3) is 5.07. The molecule has 0 spiro atoms. The van der Waals surface area contributed by atoms with E-state index in [1.54, 1.807) is 29.1 Å². The molecule has 0 unspecified atom stereocenters. The van der Waals surface area contributed by atoms with Crippen LogP contribution < -0.4 is 10.6 Å². The van der Waals surface area contributed by atoms with E-state index >= 15 is 0 Å². The van der Waals surface area contributed by atoms with E-state index in [4.69, 9.17) is 16.3 Å². The number of hydrogen-bond donors (Lipinski definition) is 2. The average Bonchev–Trinajstić information content (AvgIpc) is 3.32. The molecule has 1 saturated heterocycles. The zero-order valence-corrected chi connectivity index (χ0v) is 20.5. The highest BCUT2D eigenvalue weighted by Gasteiger charge is 2.21. The van der Waals surface area contributed by atoms with Crippen molar-refractivity contribution in [2.45, 2.75) is 19.4 Å². The number of rotatable bonds is 6. The van der Waals surface area contributed by atoms with Gasteiger partial charge in [-0.1, -0.05) is 35.0 Å². The fraction of sp³-hybridized carbons (Fsp3) is 0.269. The molecule has 1 atom stereocenters. The maximum Gasteiger partial charge on any atom is 0.337 e. The highest BCUT2D eigenvalue weighted by atomic mass is 35.5. The summed E-state index contributed by atoms with van der Waals surface area (Å²) in [5, 5.41) is 15.2. The van der Waals surface area contributed by atoms with E-state index < -0.39 is 0 Å². The SMILES string of the molecule is COC(=O)c1ccc(Cn2nnc3ccc(-c4cc(NC(=O)[C@@H]5CCCNC5)ncc4Cl)cc32)cc1. The van der Waals surface area contributed by atoms with Crippen LogP contribution in [0.2, 0.25) is 5.02 Å². The number of amides is 1. The molecular weight excluding hydrogens is 480 g/mol. The molecule has 0 radical (unpaired) electrons. The molecule has 1 amide bonds. The van der Waals surface area contributed by atoms with Crippen LogP contribution in [-0.2, 0) is 16.1 Å². The summed E-state index contributed by atoms with van der Waals surface area (Å²) in [7, 11) is 1.36. The van der Waals surface area contributed by atoms with Gasteiger partial charge in [-0.15, -0.1) is 5.10 Å². The molecule has 0 aliphatic carbocycles. The largest absolute Gasteiger partial charge is 0.465 e. The van der Waals surface area contributed by atoms with Gasteiger partial charge in [0.25, 0.3) is 0 Å². The van der Waals surface area contributed by atoms with E-state index in [2.05, 4.69) is 25.9 Å². The van der Waals surface area contributed by atoms with Crippen LogP contribution in [0.15, 0.2) is 54.7 Å². The summed E-state index contributed by atoms with van der Waals surface area (Å²) in [6.07, 6.45) is 3.39. The van der Waals surface area contributed by atoms with Crippen molar-refractivity contribution in [1.29, 1.82) is 0 Å². The first kappa shape index (κ1) is 23.9. The number of fused-ring (bicyclic) bond motifs is 1. The van der Waals surface area contributed by atoms with Gasteiger partial charge in [0.2, 0.25) is 5.91 Å². The summed E-state index contributed by atoms with van der Waals surface area (Å²) in [4.78, 5) is 28.7. The van der Waals surface area contributed by atoms with Crippen molar-refractivity contribution in [3.63, 3.8) is 0 Å². The van der Waals surface area contributed by atoms with Gasteiger partial charge in [-0.2, -0.15) is 0 Å². The number of piperidine rings is 1. The van der Waals surface area contributed by atoms with Gasteiger partial charge in [0.1, 0.15) is 11.3 Å². The van der Waals surface area contributed by atoms with E-state index in [-0.39, 0.29) is 17.8 Å². The van der Waals surface area contributed by atoms with Crippen molar-refractivity contribution < 1.29 is 14.3 Å². The highest BCUT2D eigenvalue weighted by molar-refractivity contribution is 6.33. The predicted octanol–water partition coefficient (Wildman–Crippen LogP) is 3.92. The smallest absolute Gasteiger partial charge is 0.337 e. The number of nitrogens with zero attached hydrogens (tertiary/aromatic N) is 4. The molecule has 10 heteroatoms. The number of methoxy groups -OCH3 is 1. The van der Waals surface area contributed by atoms with Gasteiger partial charge >= 0.3 is 5.97 Å². The van der Waals surface area contributed by atoms with Crippen molar-refractivity contribution in [1.82, 2.24) is 25.3 Å². The van der Waals surface area contributed by atoms with Gasteiger partial charge in [0.15, 0.2) is 0 Å². The molecule has 184 valence electrons. The van der Waals surface area contributed by atoms with Crippen molar-refractivity contribution in [3.8, 4) is 11.1 Å². The molecule has 0 saturated carbocycles. The molecule has 3 heterocycles. The van der Waals surface area contributed by atoms with Crippen molar-refractivity contribution >= 4 is 40.3 Å². The number of hydrogen-bond acceptors (Lipinski definition) is 7. The lowest BCUT2D eigenvalue weighted by atomic mass is 9.99. The van der Waals surface area contributed by atoms with E-state index in [1.807, 2.05) is 30.3 Å². The number of benzene rings is 2. The van der Waals surface area contributed by atoms with Crippen molar-refractivity contribution in [3.05, 3.63) is 70.9 Å². The van der Waals surface area contributed by atoms with Gasteiger partial charge in [0, 0.05) is 18.3 Å². The molecule has 2 N–H and O–H groups in total. The summed E-state index contributed by atoms with van der Waals surface area (Å²) < 4.78 is 6.55. The number of carbonyl (C=O) groups is 2. The summed E-state index contributed by atoms with van der Waals surface area (Å²) in [6.45, 7) is 2.09. The van der Waals surface area contributed by atoms with E-state index in [9.17, 15) is 9.59 Å². The first-order valence-electron chi connectivity index (χ1n) is 11.7. The Morgan fingerprint density at radius 1 is 1.19 bits per heavy atom. The molecule has 2 aromatic heterocycles. The minimum Gasteiger partial charge on any atom is -0.465 e. The lowest BCUT2D eigenvalue weighted by molar-refractivity contribution is -0.120. The normalized spacial score (nSPS) is 15.6. The number of anilines is 1. The second-order valence-corrected chi connectivity index (χ2v) is 9.13. The van der Waals surface area contributed by atoms with Crippen LogP contribution in [0.3, 0.4) is 0 Å². The zero-order chi connectivity index (χ0) is 25.1. The van der Waals surface area contributed by atoms with Crippen LogP contribution >= 0.6 is 11.6 Å². The van der Waals surface area contributed by atoms with Gasteiger partial charge in [-0.25, -0.2) is 14.5 Å². The Bertz CT molecular complexity index is 1410. The van der Waals surface area contributed by atoms with E-state index in [0.717, 1.165) is 47.1 Å². The summed E-state index contributed by atoms with van der Waals surface area (Å²) in [5.41, 5.74) is 4.63. The molecule has 9 nitrogen and oxygen atoms in total. The quantitative estimate of drug-likeness (QED) is 0.383. The van der Waals surface area contributed by atoms with Crippen molar-refractivity contribution in [2.24, 2.45) is 5.92 Å². The monoisotopic (exact) mass is 504 g/mol. The predicted molar refractivity (Wildman–Crippen MR) is 137 cm³/mol. The van der Waals surface area contributed by atoms with Crippen LogP contribution in [0, 0.1) is 5.92 Å². The Balaban J connectivity index is 1.39. The van der Waals surface area contributed by atoms with Crippen LogP contribution in [0.1, 0.15) is 28.8 Å². The van der Waals surface area contributed by atoms with Crippen LogP contribution in [0.25, 0.3) is 22.2 Å². The maximum absolute atomic E-state index is 12.7. The molecule has 1 fully saturated rings. The maximum atomic E-state index is 12.7. The number of aromatic nitrogens is 4. The molecule has 1 aliphatic rings.